The molecule has 0 amide bonds. The number of phenols is 3. The first-order valence-electron chi connectivity index (χ1n) is 11.0. The van der Waals surface area contributed by atoms with Crippen molar-refractivity contribution in [1.82, 2.24) is 0 Å². The maximum Gasteiger partial charge on any atom is 0.234 e. The Morgan fingerprint density at radius 2 is 1.88 bits per heavy atom. The van der Waals surface area contributed by atoms with Crippen LogP contribution in [0.5, 0.6) is 28.7 Å². The third-order valence-corrected chi connectivity index (χ3v) is 7.53. The zero-order valence-corrected chi connectivity index (χ0v) is 18.1. The van der Waals surface area contributed by atoms with E-state index in [1.165, 1.54) is 19.2 Å². The van der Waals surface area contributed by atoms with Gasteiger partial charge in [-0.3, -0.25) is 9.59 Å². The first-order valence-corrected chi connectivity index (χ1v) is 11.0. The Hall–Kier alpha value is -3.56. The summed E-state index contributed by atoms with van der Waals surface area (Å²) in [5.41, 5.74) is 1.36. The average Bonchev–Trinajstić information content (AvgIpc) is 3.12. The quantitative estimate of drug-likeness (QED) is 0.500. The van der Waals surface area contributed by atoms with Crippen LogP contribution in [0.1, 0.15) is 28.3 Å². The van der Waals surface area contributed by atoms with Crippen LogP contribution in [0.2, 0.25) is 0 Å². The summed E-state index contributed by atoms with van der Waals surface area (Å²) in [5.74, 6) is -5.20. The molecule has 34 heavy (non-hydrogen) atoms. The molecule has 6 atom stereocenters. The molecular formula is C25H22O9. The van der Waals surface area contributed by atoms with Gasteiger partial charge in [-0.25, -0.2) is 0 Å². The number of methoxy groups -OCH3 is 1. The van der Waals surface area contributed by atoms with Gasteiger partial charge in [-0.15, -0.1) is 0 Å². The number of ether oxygens (including phenoxy) is 3. The number of fused-ring (bicyclic) bond motifs is 1. The summed E-state index contributed by atoms with van der Waals surface area (Å²) in [7, 11) is 1.44. The number of hydrogen-bond acceptors (Lipinski definition) is 9. The summed E-state index contributed by atoms with van der Waals surface area (Å²) in [4.78, 5) is 26.1. The van der Waals surface area contributed by atoms with E-state index >= 15 is 0 Å². The lowest BCUT2D eigenvalue weighted by molar-refractivity contribution is -0.205. The van der Waals surface area contributed by atoms with E-state index in [9.17, 15) is 30.0 Å². The number of phenolic OH excluding ortho intramolecular Hbond substituents is 3. The molecule has 2 aliphatic heterocycles. The Morgan fingerprint density at radius 1 is 1.09 bits per heavy atom. The largest absolute Gasteiger partial charge is 0.508 e. The van der Waals surface area contributed by atoms with Crippen molar-refractivity contribution in [3.63, 3.8) is 0 Å². The minimum absolute atomic E-state index is 0.00121. The fourth-order valence-corrected chi connectivity index (χ4v) is 6.14. The van der Waals surface area contributed by atoms with Gasteiger partial charge in [-0.05, 0) is 23.3 Å². The third-order valence-electron chi connectivity index (χ3n) is 7.53. The van der Waals surface area contributed by atoms with Crippen LogP contribution in [0, 0.1) is 17.8 Å². The van der Waals surface area contributed by atoms with E-state index < -0.39 is 29.5 Å². The smallest absolute Gasteiger partial charge is 0.234 e. The minimum Gasteiger partial charge on any atom is -0.508 e. The van der Waals surface area contributed by atoms with Crippen molar-refractivity contribution in [2.75, 3.05) is 13.7 Å². The highest BCUT2D eigenvalue weighted by Crippen LogP contribution is 2.61. The van der Waals surface area contributed by atoms with E-state index in [2.05, 4.69) is 0 Å². The maximum atomic E-state index is 13.3. The Labute approximate surface area is 193 Å². The van der Waals surface area contributed by atoms with E-state index in [1.54, 1.807) is 18.2 Å². The van der Waals surface area contributed by atoms with Gasteiger partial charge in [0.25, 0.3) is 0 Å². The first kappa shape index (κ1) is 21.0. The summed E-state index contributed by atoms with van der Waals surface area (Å²) < 4.78 is 16.9. The topological polar surface area (TPSA) is 143 Å². The van der Waals surface area contributed by atoms with E-state index in [4.69, 9.17) is 14.2 Å². The molecule has 1 saturated carbocycles. The molecule has 4 bridgehead atoms. The molecule has 2 aromatic carbocycles. The number of carbonyl (C=O) groups excluding carboxylic acids is 2. The fourth-order valence-electron chi connectivity index (χ4n) is 6.14. The Kier molecular flexibility index (Phi) is 4.31. The zero-order valence-electron chi connectivity index (χ0n) is 18.1. The van der Waals surface area contributed by atoms with Gasteiger partial charge in [0.15, 0.2) is 23.1 Å². The second-order valence-electron chi connectivity index (χ2n) is 9.23. The van der Waals surface area contributed by atoms with Gasteiger partial charge in [0.05, 0.1) is 26.1 Å². The minimum atomic E-state index is -2.01. The maximum absolute atomic E-state index is 13.3. The molecule has 0 aromatic heterocycles. The number of benzene rings is 2. The van der Waals surface area contributed by atoms with Crippen molar-refractivity contribution in [1.29, 1.82) is 0 Å². The lowest BCUT2D eigenvalue weighted by Crippen LogP contribution is -2.59. The van der Waals surface area contributed by atoms with Crippen molar-refractivity contribution in [2.45, 2.75) is 24.2 Å². The van der Waals surface area contributed by atoms with Gasteiger partial charge >= 0.3 is 0 Å². The number of allylic oxidation sites excluding steroid dienone is 1. The van der Waals surface area contributed by atoms with Crippen molar-refractivity contribution in [2.24, 2.45) is 17.8 Å². The number of carbonyl (C=O) groups is 2. The third kappa shape index (κ3) is 2.68. The number of ketones is 2. The molecular weight excluding hydrogens is 444 g/mol. The van der Waals surface area contributed by atoms with Crippen LogP contribution in [-0.4, -0.2) is 57.6 Å². The molecule has 176 valence electrons. The number of rotatable bonds is 3. The standard InChI is InChI=1S/C25H22O9/c1-32-19-4-10(2-3-15(19)27)21-13-7-12(23-14(21)9-33-25(23,31)24(13)30)18-8-17(29)22-16(28)5-11(26)6-20(22)34-18/h2-7,13-14,18,21,23,26-28,31H,8-9H2,1H3/t13-,14-,18+,21+,23-,25+/m1/s1. The highest BCUT2D eigenvalue weighted by molar-refractivity contribution is 6.03. The lowest BCUT2D eigenvalue weighted by atomic mass is 9.55. The lowest BCUT2D eigenvalue weighted by Gasteiger charge is -2.49. The van der Waals surface area contributed by atoms with Crippen molar-refractivity contribution in [3.8, 4) is 28.7 Å². The Morgan fingerprint density at radius 3 is 2.65 bits per heavy atom. The van der Waals surface area contributed by atoms with E-state index in [-0.39, 0.29) is 65.0 Å². The second-order valence-corrected chi connectivity index (χ2v) is 9.23. The van der Waals surface area contributed by atoms with Crippen LogP contribution in [0.3, 0.4) is 0 Å². The van der Waals surface area contributed by atoms with Crippen molar-refractivity contribution >= 4 is 11.6 Å². The average molecular weight is 466 g/mol. The molecule has 5 aliphatic rings. The molecule has 4 N–H and O–H groups in total. The summed E-state index contributed by atoms with van der Waals surface area (Å²) >= 11 is 0. The van der Waals surface area contributed by atoms with E-state index in [1.807, 2.05) is 0 Å². The SMILES string of the molecule is COc1cc([C@@H]2[C@H]3CO[C@]4(O)C(=O)[C@@H]2C=C([C@@H]2CC(=O)c5c(O)cc(O)cc5O2)[C@H]34)ccc1O. The molecule has 0 spiro atoms. The second kappa shape index (κ2) is 6.97. The molecule has 1 saturated heterocycles. The van der Waals surface area contributed by atoms with Crippen LogP contribution in [-0.2, 0) is 9.53 Å². The van der Waals surface area contributed by atoms with Crippen LogP contribution in [0.4, 0.5) is 0 Å². The summed E-state index contributed by atoms with van der Waals surface area (Å²) in [6.07, 6.45) is 0.880. The van der Waals surface area contributed by atoms with Crippen LogP contribution in [0.15, 0.2) is 42.0 Å². The highest BCUT2D eigenvalue weighted by Gasteiger charge is 2.68. The molecule has 9 heteroatoms. The van der Waals surface area contributed by atoms with Gasteiger partial charge in [-0.2, -0.15) is 0 Å². The van der Waals surface area contributed by atoms with E-state index in [0.29, 0.717) is 5.57 Å². The molecule has 2 heterocycles. The van der Waals surface area contributed by atoms with Crippen LogP contribution < -0.4 is 9.47 Å². The molecule has 2 aromatic rings. The van der Waals surface area contributed by atoms with Gasteiger partial charge in [0.2, 0.25) is 5.79 Å². The normalized spacial score (nSPS) is 33.4. The fraction of sp³-hybridized carbons (Fsp3) is 0.360. The van der Waals surface area contributed by atoms with Crippen molar-refractivity contribution < 1.29 is 44.2 Å². The molecule has 2 fully saturated rings. The van der Waals surface area contributed by atoms with E-state index in [0.717, 1.165) is 11.6 Å². The summed E-state index contributed by atoms with van der Waals surface area (Å²) in [6, 6.07) is 7.25. The highest BCUT2D eigenvalue weighted by atomic mass is 16.6. The predicted molar refractivity (Wildman–Crippen MR) is 115 cm³/mol. The van der Waals surface area contributed by atoms with Gasteiger partial charge in [-0.1, -0.05) is 12.1 Å². The molecule has 0 unspecified atom stereocenters. The van der Waals surface area contributed by atoms with Crippen LogP contribution >= 0.6 is 0 Å². The molecule has 7 rings (SSSR count). The number of aromatic hydroxyl groups is 3. The van der Waals surface area contributed by atoms with Gasteiger partial charge < -0.3 is 34.6 Å². The monoisotopic (exact) mass is 466 g/mol. The zero-order chi connectivity index (χ0) is 23.9. The van der Waals surface area contributed by atoms with Gasteiger partial charge in [0, 0.05) is 29.9 Å². The molecule has 0 radical (unpaired) electrons. The van der Waals surface area contributed by atoms with Crippen molar-refractivity contribution in [3.05, 3.63) is 53.1 Å². The summed E-state index contributed by atoms with van der Waals surface area (Å²) in [5, 5.41) is 41.2. The molecule has 3 aliphatic carbocycles. The van der Waals surface area contributed by atoms with Crippen LogP contribution in [0.25, 0.3) is 0 Å². The number of Topliss-reactive ketones (excluding diaryl/α,β-unsaturated/α-hetero) is 2. The first-order chi connectivity index (χ1) is 16.2. The molecule has 9 nitrogen and oxygen atoms in total. The Balaban J connectivity index is 1.43. The summed E-state index contributed by atoms with van der Waals surface area (Å²) in [6.45, 7) is 0.132. The number of aliphatic hydroxyl groups is 1. The van der Waals surface area contributed by atoms with Gasteiger partial charge in [0.1, 0.15) is 28.9 Å². The number of hydrogen-bond donors (Lipinski definition) is 4. The Bertz CT molecular complexity index is 1280. The predicted octanol–water partition coefficient (Wildman–Crippen LogP) is 2.02.